The summed E-state index contributed by atoms with van der Waals surface area (Å²) in [4.78, 5) is 23.5. The SMILES string of the molecule is CN=C(NCC1(O)CCSC1)N1CCN(C(C)C(=O)N2CCCC2)CC1.I. The Bertz CT molecular complexity index is 516. The highest BCUT2D eigenvalue weighted by Gasteiger charge is 2.33. The molecule has 9 heteroatoms. The number of hydrogen-bond acceptors (Lipinski definition) is 5. The maximum Gasteiger partial charge on any atom is 0.239 e. The smallest absolute Gasteiger partial charge is 0.239 e. The lowest BCUT2D eigenvalue weighted by molar-refractivity contribution is -0.135. The van der Waals surface area contributed by atoms with Crippen LogP contribution in [0.2, 0.25) is 0 Å². The lowest BCUT2D eigenvalue weighted by Gasteiger charge is -2.40. The summed E-state index contributed by atoms with van der Waals surface area (Å²) in [5, 5.41) is 13.9. The summed E-state index contributed by atoms with van der Waals surface area (Å²) in [6.45, 7) is 7.85. The van der Waals surface area contributed by atoms with E-state index < -0.39 is 5.60 Å². The Hall–Kier alpha value is -0.260. The second-order valence-electron chi connectivity index (χ2n) is 7.66. The number of carbonyl (C=O) groups is 1. The summed E-state index contributed by atoms with van der Waals surface area (Å²) < 4.78 is 0. The van der Waals surface area contributed by atoms with Gasteiger partial charge in [-0.1, -0.05) is 0 Å². The minimum Gasteiger partial charge on any atom is -0.387 e. The predicted octanol–water partition coefficient (Wildman–Crippen LogP) is 0.676. The number of rotatable bonds is 4. The van der Waals surface area contributed by atoms with Crippen molar-refractivity contribution in [2.24, 2.45) is 4.99 Å². The third kappa shape index (κ3) is 5.86. The molecule has 3 saturated heterocycles. The van der Waals surface area contributed by atoms with Gasteiger partial charge in [-0.3, -0.25) is 14.7 Å². The van der Waals surface area contributed by atoms with E-state index in [1.807, 2.05) is 11.8 Å². The van der Waals surface area contributed by atoms with Gasteiger partial charge in [0, 0.05) is 58.6 Å². The minimum atomic E-state index is -0.612. The molecule has 3 aliphatic rings. The van der Waals surface area contributed by atoms with Crippen molar-refractivity contribution in [3.63, 3.8) is 0 Å². The number of thioether (sulfide) groups is 1. The maximum absolute atomic E-state index is 12.6. The van der Waals surface area contributed by atoms with Crippen LogP contribution in [0.5, 0.6) is 0 Å². The maximum atomic E-state index is 12.6. The second-order valence-corrected chi connectivity index (χ2v) is 8.76. The number of halogens is 1. The van der Waals surface area contributed by atoms with Crippen LogP contribution < -0.4 is 5.32 Å². The van der Waals surface area contributed by atoms with Crippen LogP contribution in [0.3, 0.4) is 0 Å². The molecule has 3 aliphatic heterocycles. The Morgan fingerprint density at radius 1 is 1.19 bits per heavy atom. The second kappa shape index (κ2) is 10.5. The molecule has 3 fully saturated rings. The van der Waals surface area contributed by atoms with Crippen LogP contribution in [0.1, 0.15) is 26.2 Å². The molecule has 3 rings (SSSR count). The van der Waals surface area contributed by atoms with Gasteiger partial charge in [0.05, 0.1) is 11.6 Å². The number of guanidine groups is 1. The molecule has 0 aliphatic carbocycles. The van der Waals surface area contributed by atoms with Crippen LogP contribution in [0.15, 0.2) is 4.99 Å². The van der Waals surface area contributed by atoms with Gasteiger partial charge >= 0.3 is 0 Å². The first-order valence-corrected chi connectivity index (χ1v) is 11.0. The van der Waals surface area contributed by atoms with Crippen molar-refractivity contribution in [2.75, 3.05) is 64.4 Å². The van der Waals surface area contributed by atoms with Crippen molar-refractivity contribution >= 4 is 47.6 Å². The highest BCUT2D eigenvalue weighted by molar-refractivity contribution is 14.0. The van der Waals surface area contributed by atoms with Crippen LogP contribution in [-0.2, 0) is 4.79 Å². The quantitative estimate of drug-likeness (QED) is 0.329. The summed E-state index contributed by atoms with van der Waals surface area (Å²) in [6, 6.07) is -0.0403. The van der Waals surface area contributed by atoms with E-state index in [-0.39, 0.29) is 35.9 Å². The summed E-state index contributed by atoms with van der Waals surface area (Å²) in [5.74, 6) is 2.95. The van der Waals surface area contributed by atoms with E-state index in [1.165, 1.54) is 0 Å². The van der Waals surface area contributed by atoms with Gasteiger partial charge in [0.1, 0.15) is 0 Å². The molecule has 1 amide bonds. The molecule has 0 spiro atoms. The standard InChI is InChI=1S/C18H33N5O2S.HI/c1-15(16(24)22-6-3-4-7-22)21-8-10-23(11-9-21)17(19-2)20-13-18(25)5-12-26-14-18;/h15,25H,3-14H2,1-2H3,(H,19,20);1H. The number of nitrogens with one attached hydrogen (secondary N) is 1. The fraction of sp³-hybridized carbons (Fsp3) is 0.889. The first-order chi connectivity index (χ1) is 12.5. The highest BCUT2D eigenvalue weighted by Crippen LogP contribution is 2.27. The van der Waals surface area contributed by atoms with Crippen LogP contribution in [-0.4, -0.2) is 108 Å². The monoisotopic (exact) mass is 511 g/mol. The van der Waals surface area contributed by atoms with Gasteiger partial charge in [0.2, 0.25) is 5.91 Å². The van der Waals surface area contributed by atoms with Gasteiger partial charge in [-0.15, -0.1) is 24.0 Å². The Balaban J connectivity index is 0.00000261. The average molecular weight is 511 g/mol. The third-order valence-corrected chi connectivity index (χ3v) is 7.04. The number of carbonyl (C=O) groups excluding carboxylic acids is 1. The summed E-state index contributed by atoms with van der Waals surface area (Å²) in [6.07, 6.45) is 3.11. The van der Waals surface area contributed by atoms with Gasteiger partial charge < -0.3 is 20.2 Å². The third-order valence-electron chi connectivity index (χ3n) is 5.81. The largest absolute Gasteiger partial charge is 0.387 e. The van der Waals surface area contributed by atoms with Gasteiger partial charge in [0.25, 0.3) is 0 Å². The number of hydrogen-bond donors (Lipinski definition) is 2. The number of aliphatic hydroxyl groups is 1. The predicted molar refractivity (Wildman–Crippen MR) is 122 cm³/mol. The minimum absolute atomic E-state index is 0. The zero-order chi connectivity index (χ0) is 18.6. The van der Waals surface area contributed by atoms with Crippen LogP contribution in [0, 0.1) is 0 Å². The van der Waals surface area contributed by atoms with Crippen molar-refractivity contribution in [3.8, 4) is 0 Å². The van der Waals surface area contributed by atoms with Crippen molar-refractivity contribution in [1.82, 2.24) is 20.0 Å². The summed E-state index contributed by atoms with van der Waals surface area (Å²) in [7, 11) is 1.79. The van der Waals surface area contributed by atoms with E-state index >= 15 is 0 Å². The number of piperazine rings is 1. The van der Waals surface area contributed by atoms with Crippen LogP contribution in [0.4, 0.5) is 0 Å². The Kier molecular flexibility index (Phi) is 8.95. The first-order valence-electron chi connectivity index (χ1n) is 9.81. The lowest BCUT2D eigenvalue weighted by atomic mass is 10.0. The molecule has 0 radical (unpaired) electrons. The van der Waals surface area contributed by atoms with Crippen molar-refractivity contribution in [1.29, 1.82) is 0 Å². The van der Waals surface area contributed by atoms with Gasteiger partial charge in [0.15, 0.2) is 5.96 Å². The molecule has 0 bridgehead atoms. The van der Waals surface area contributed by atoms with Gasteiger partial charge in [-0.05, 0) is 31.9 Å². The zero-order valence-electron chi connectivity index (χ0n) is 16.5. The van der Waals surface area contributed by atoms with Crippen molar-refractivity contribution < 1.29 is 9.90 Å². The van der Waals surface area contributed by atoms with E-state index in [0.717, 1.165) is 76.0 Å². The molecule has 0 aromatic rings. The van der Waals surface area contributed by atoms with Gasteiger partial charge in [-0.2, -0.15) is 11.8 Å². The topological polar surface area (TPSA) is 71.4 Å². The Morgan fingerprint density at radius 3 is 2.41 bits per heavy atom. The van der Waals surface area contributed by atoms with Crippen molar-refractivity contribution in [3.05, 3.63) is 0 Å². The molecular formula is C18H34IN5O2S. The molecule has 0 aromatic heterocycles. The normalized spacial score (nSPS) is 28.2. The molecular weight excluding hydrogens is 477 g/mol. The van der Waals surface area contributed by atoms with E-state index in [2.05, 4.69) is 20.1 Å². The molecule has 27 heavy (non-hydrogen) atoms. The summed E-state index contributed by atoms with van der Waals surface area (Å²) in [5.41, 5.74) is -0.612. The summed E-state index contributed by atoms with van der Waals surface area (Å²) >= 11 is 1.81. The fourth-order valence-corrected chi connectivity index (χ4v) is 5.29. The lowest BCUT2D eigenvalue weighted by Crippen LogP contribution is -2.58. The van der Waals surface area contributed by atoms with E-state index in [1.54, 1.807) is 18.8 Å². The van der Waals surface area contributed by atoms with Crippen LogP contribution >= 0.6 is 35.7 Å². The van der Waals surface area contributed by atoms with Crippen molar-refractivity contribution in [2.45, 2.75) is 37.8 Å². The number of nitrogens with zero attached hydrogens (tertiary/aromatic N) is 4. The first kappa shape index (κ1) is 23.0. The Labute approximate surface area is 184 Å². The molecule has 0 aromatic carbocycles. The van der Waals surface area contributed by atoms with E-state index in [0.29, 0.717) is 6.54 Å². The average Bonchev–Trinajstić information content (AvgIpc) is 3.34. The zero-order valence-corrected chi connectivity index (χ0v) is 19.7. The van der Waals surface area contributed by atoms with Gasteiger partial charge in [-0.25, -0.2) is 0 Å². The molecule has 2 N–H and O–H groups in total. The van der Waals surface area contributed by atoms with E-state index in [9.17, 15) is 9.90 Å². The number of aliphatic imine (C=N–C) groups is 1. The molecule has 2 unspecified atom stereocenters. The molecule has 0 saturated carbocycles. The number of likely N-dealkylation sites (tertiary alicyclic amines) is 1. The Morgan fingerprint density at radius 2 is 1.85 bits per heavy atom. The molecule has 156 valence electrons. The molecule has 7 nitrogen and oxygen atoms in total. The molecule has 2 atom stereocenters. The molecule has 3 heterocycles. The van der Waals surface area contributed by atoms with Crippen LogP contribution in [0.25, 0.3) is 0 Å². The fourth-order valence-electron chi connectivity index (χ4n) is 3.99. The number of amides is 1. The highest BCUT2D eigenvalue weighted by atomic mass is 127. The van der Waals surface area contributed by atoms with E-state index in [4.69, 9.17) is 0 Å².